The molecule has 0 N–H and O–H groups in total. The van der Waals surface area contributed by atoms with E-state index < -0.39 is 0 Å². The van der Waals surface area contributed by atoms with Gasteiger partial charge in [0, 0.05) is 18.8 Å². The summed E-state index contributed by atoms with van der Waals surface area (Å²) in [5, 5.41) is 0. The minimum atomic E-state index is 0.912. The fraction of sp³-hybridized carbons (Fsp3) is 0.417. The molecule has 1 fully saturated rings. The van der Waals surface area contributed by atoms with Gasteiger partial charge in [0.25, 0.3) is 0 Å². The summed E-state index contributed by atoms with van der Waals surface area (Å²) in [5.41, 5.74) is 1.27. The second-order valence-corrected chi connectivity index (χ2v) is 3.80. The van der Waals surface area contributed by atoms with E-state index in [0.717, 1.165) is 31.9 Å². The van der Waals surface area contributed by atoms with Gasteiger partial charge < -0.3 is 14.5 Å². The van der Waals surface area contributed by atoms with Crippen molar-refractivity contribution in [2.75, 3.05) is 38.2 Å². The lowest BCUT2D eigenvalue weighted by molar-refractivity contribution is 0.344. The lowest BCUT2D eigenvalue weighted by atomic mass is 10.2. The van der Waals surface area contributed by atoms with Crippen molar-refractivity contribution in [1.82, 2.24) is 4.90 Å². The van der Waals surface area contributed by atoms with Crippen LogP contribution in [0.4, 0.5) is 5.69 Å². The van der Waals surface area contributed by atoms with Crippen LogP contribution in [0.3, 0.4) is 0 Å². The number of nitrogens with zero attached hydrogens (tertiary/aromatic N) is 2. The molecule has 0 amide bonds. The molecule has 1 aliphatic rings. The van der Waals surface area contributed by atoms with Crippen molar-refractivity contribution in [2.24, 2.45) is 0 Å². The SMILES string of the molecule is [CH2-]N1CCN(c2ccc(OC)cc2)CC1. The summed E-state index contributed by atoms with van der Waals surface area (Å²) in [6.45, 7) is 4.17. The Labute approximate surface area is 91.2 Å². The molecule has 0 atom stereocenters. The van der Waals surface area contributed by atoms with Crippen molar-refractivity contribution in [2.45, 2.75) is 0 Å². The Morgan fingerprint density at radius 1 is 1.07 bits per heavy atom. The van der Waals surface area contributed by atoms with Crippen LogP contribution in [-0.2, 0) is 0 Å². The molecule has 3 nitrogen and oxygen atoms in total. The molecule has 2 rings (SSSR count). The van der Waals surface area contributed by atoms with Gasteiger partial charge >= 0.3 is 0 Å². The molecule has 1 aliphatic heterocycles. The molecule has 0 bridgehead atoms. The maximum absolute atomic E-state index is 5.14. The lowest BCUT2D eigenvalue weighted by Crippen LogP contribution is -2.43. The third-order valence-electron chi connectivity index (χ3n) is 2.81. The summed E-state index contributed by atoms with van der Waals surface area (Å²) in [6, 6.07) is 8.23. The largest absolute Gasteiger partial charge is 0.497 e. The zero-order valence-corrected chi connectivity index (χ0v) is 9.15. The normalized spacial score (nSPS) is 17.9. The van der Waals surface area contributed by atoms with E-state index >= 15 is 0 Å². The van der Waals surface area contributed by atoms with Crippen LogP contribution in [0.25, 0.3) is 0 Å². The Morgan fingerprint density at radius 3 is 2.20 bits per heavy atom. The van der Waals surface area contributed by atoms with Crippen LogP contribution in [-0.4, -0.2) is 38.2 Å². The number of benzene rings is 1. The van der Waals surface area contributed by atoms with E-state index in [1.807, 2.05) is 12.1 Å². The number of hydrogen-bond donors (Lipinski definition) is 0. The van der Waals surface area contributed by atoms with Crippen LogP contribution < -0.4 is 9.64 Å². The maximum Gasteiger partial charge on any atom is 0.119 e. The second-order valence-electron chi connectivity index (χ2n) is 3.80. The van der Waals surface area contributed by atoms with Gasteiger partial charge in [-0.05, 0) is 37.4 Å². The predicted molar refractivity (Wildman–Crippen MR) is 62.1 cm³/mol. The van der Waals surface area contributed by atoms with Gasteiger partial charge in [0.2, 0.25) is 0 Å². The summed E-state index contributed by atoms with van der Waals surface area (Å²) in [7, 11) is 5.63. The molecule has 0 unspecified atom stereocenters. The predicted octanol–water partition coefficient (Wildman–Crippen LogP) is 1.61. The summed E-state index contributed by atoms with van der Waals surface area (Å²) in [4.78, 5) is 4.49. The molecule has 0 saturated carbocycles. The number of hydrogen-bond acceptors (Lipinski definition) is 3. The minimum Gasteiger partial charge on any atom is -0.497 e. The third-order valence-corrected chi connectivity index (χ3v) is 2.81. The number of anilines is 1. The molecule has 15 heavy (non-hydrogen) atoms. The first kappa shape index (κ1) is 10.3. The van der Waals surface area contributed by atoms with E-state index in [2.05, 4.69) is 29.0 Å². The van der Waals surface area contributed by atoms with Crippen LogP contribution in [0.15, 0.2) is 24.3 Å². The van der Waals surface area contributed by atoms with Crippen molar-refractivity contribution >= 4 is 5.69 Å². The van der Waals surface area contributed by atoms with Gasteiger partial charge in [0.15, 0.2) is 0 Å². The Bertz CT molecular complexity index is 302. The summed E-state index contributed by atoms with van der Waals surface area (Å²) in [5.74, 6) is 0.912. The molecule has 1 saturated heterocycles. The van der Waals surface area contributed by atoms with E-state index in [0.29, 0.717) is 0 Å². The Balaban J connectivity index is 2.03. The van der Waals surface area contributed by atoms with Crippen LogP contribution >= 0.6 is 0 Å². The maximum atomic E-state index is 5.14. The minimum absolute atomic E-state index is 0.912. The van der Waals surface area contributed by atoms with E-state index in [1.54, 1.807) is 7.11 Å². The van der Waals surface area contributed by atoms with E-state index in [4.69, 9.17) is 4.74 Å². The topological polar surface area (TPSA) is 15.7 Å². The number of piperazine rings is 1. The Kier molecular flexibility index (Phi) is 3.11. The summed E-state index contributed by atoms with van der Waals surface area (Å²) < 4.78 is 5.14. The van der Waals surface area contributed by atoms with E-state index in [9.17, 15) is 0 Å². The highest BCUT2D eigenvalue weighted by molar-refractivity contribution is 5.49. The molecule has 0 spiro atoms. The Hall–Kier alpha value is -1.22. The van der Waals surface area contributed by atoms with Crippen LogP contribution in [0, 0.1) is 7.05 Å². The lowest BCUT2D eigenvalue weighted by Gasteiger charge is -2.38. The molecular formula is C12H17N2O-. The van der Waals surface area contributed by atoms with Crippen LogP contribution in [0.2, 0.25) is 0 Å². The second kappa shape index (κ2) is 4.53. The first-order valence-electron chi connectivity index (χ1n) is 5.24. The summed E-state index contributed by atoms with van der Waals surface area (Å²) >= 11 is 0. The van der Waals surface area contributed by atoms with Crippen molar-refractivity contribution in [3.63, 3.8) is 0 Å². The van der Waals surface area contributed by atoms with Crippen LogP contribution in [0.1, 0.15) is 0 Å². The van der Waals surface area contributed by atoms with Gasteiger partial charge in [0.05, 0.1) is 7.11 Å². The molecule has 1 aromatic carbocycles. The molecular weight excluding hydrogens is 188 g/mol. The molecule has 1 aromatic rings. The smallest absolute Gasteiger partial charge is 0.119 e. The van der Waals surface area contributed by atoms with Crippen molar-refractivity contribution in [1.29, 1.82) is 0 Å². The van der Waals surface area contributed by atoms with Crippen molar-refractivity contribution < 1.29 is 4.74 Å². The van der Waals surface area contributed by atoms with E-state index in [1.165, 1.54) is 5.69 Å². The van der Waals surface area contributed by atoms with Gasteiger partial charge in [-0.1, -0.05) is 0 Å². The van der Waals surface area contributed by atoms with Gasteiger partial charge in [0.1, 0.15) is 5.75 Å². The molecule has 0 aromatic heterocycles. The number of methoxy groups -OCH3 is 1. The monoisotopic (exact) mass is 205 g/mol. The van der Waals surface area contributed by atoms with Crippen molar-refractivity contribution in [3.8, 4) is 5.75 Å². The first-order valence-corrected chi connectivity index (χ1v) is 5.24. The fourth-order valence-corrected chi connectivity index (χ4v) is 1.80. The van der Waals surface area contributed by atoms with Crippen LogP contribution in [0.5, 0.6) is 5.75 Å². The third kappa shape index (κ3) is 2.42. The average Bonchev–Trinajstić information content (AvgIpc) is 2.30. The zero-order chi connectivity index (χ0) is 10.7. The molecule has 1 heterocycles. The first-order chi connectivity index (χ1) is 7.29. The molecule has 0 radical (unpaired) electrons. The average molecular weight is 205 g/mol. The number of rotatable bonds is 2. The quantitative estimate of drug-likeness (QED) is 0.682. The van der Waals surface area contributed by atoms with Gasteiger partial charge in [-0.15, -0.1) is 0 Å². The summed E-state index contributed by atoms with van der Waals surface area (Å²) in [6.07, 6.45) is 0. The van der Waals surface area contributed by atoms with Gasteiger partial charge in [-0.3, -0.25) is 7.05 Å². The molecule has 3 heteroatoms. The Morgan fingerprint density at radius 2 is 1.67 bits per heavy atom. The number of ether oxygens (including phenoxy) is 1. The fourth-order valence-electron chi connectivity index (χ4n) is 1.80. The standard InChI is InChI=1S/C12H17N2O/c1-13-7-9-14(10-8-13)11-3-5-12(15-2)6-4-11/h3-6H,1,7-10H2,2H3/q-1. The van der Waals surface area contributed by atoms with Gasteiger partial charge in [-0.2, -0.15) is 0 Å². The highest BCUT2D eigenvalue weighted by Gasteiger charge is 2.11. The van der Waals surface area contributed by atoms with E-state index in [-0.39, 0.29) is 0 Å². The molecule has 0 aliphatic carbocycles. The van der Waals surface area contributed by atoms with Gasteiger partial charge in [-0.25, -0.2) is 0 Å². The van der Waals surface area contributed by atoms with Crippen molar-refractivity contribution in [3.05, 3.63) is 31.3 Å². The molecule has 82 valence electrons. The zero-order valence-electron chi connectivity index (χ0n) is 9.15. The highest BCUT2D eigenvalue weighted by atomic mass is 16.5. The highest BCUT2D eigenvalue weighted by Crippen LogP contribution is 2.20.